The standard InChI is InChI=1S/C38H64N2O2/c1-25(2)40(26(3)4)18-17-39(23-27-19-29(35(5,6)7)21-31(33(27)41)37(11,12)13)24-28-20-30(36(8,9)10)22-32(34(28)42)38(14,15)16/h19-22,25-26,41-42H,17-18,23-24H2,1-16H3. The molecule has 0 aliphatic heterocycles. The van der Waals surface area contributed by atoms with Crippen LogP contribution in [0.5, 0.6) is 11.5 Å². The molecule has 0 aliphatic carbocycles. The third-order valence-corrected chi connectivity index (χ3v) is 8.51. The van der Waals surface area contributed by atoms with E-state index in [0.717, 1.165) is 35.3 Å². The van der Waals surface area contributed by atoms with Crippen molar-refractivity contribution in [3.63, 3.8) is 0 Å². The summed E-state index contributed by atoms with van der Waals surface area (Å²) in [6.45, 7) is 38.4. The molecule has 4 heteroatoms. The van der Waals surface area contributed by atoms with Crippen LogP contribution >= 0.6 is 0 Å². The Bertz CT molecular complexity index is 1110. The average Bonchev–Trinajstić information content (AvgIpc) is 2.77. The van der Waals surface area contributed by atoms with Gasteiger partial charge in [0.05, 0.1) is 0 Å². The molecule has 0 radical (unpaired) electrons. The predicted molar refractivity (Wildman–Crippen MR) is 182 cm³/mol. The van der Waals surface area contributed by atoms with Crippen molar-refractivity contribution in [2.24, 2.45) is 0 Å². The Morgan fingerprint density at radius 3 is 1.12 bits per heavy atom. The highest BCUT2D eigenvalue weighted by Crippen LogP contribution is 2.40. The summed E-state index contributed by atoms with van der Waals surface area (Å²) in [4.78, 5) is 4.94. The number of nitrogens with zero attached hydrogens (tertiary/aromatic N) is 2. The Morgan fingerprint density at radius 2 is 0.857 bits per heavy atom. The molecule has 0 amide bonds. The summed E-state index contributed by atoms with van der Waals surface area (Å²) < 4.78 is 0. The second kappa shape index (κ2) is 12.9. The SMILES string of the molecule is CC(C)N(CCN(Cc1cc(C(C)(C)C)cc(C(C)(C)C)c1O)Cc1cc(C(C)(C)C)cc(C(C)(C)C)c1O)C(C)C. The molecule has 0 aliphatic rings. The summed E-state index contributed by atoms with van der Waals surface area (Å²) in [5.41, 5.74) is 5.91. The fourth-order valence-corrected chi connectivity index (χ4v) is 5.71. The zero-order valence-corrected chi connectivity index (χ0v) is 30.1. The highest BCUT2D eigenvalue weighted by atomic mass is 16.3. The fraction of sp³-hybridized carbons (Fsp3) is 0.684. The molecular weight excluding hydrogens is 516 g/mol. The number of phenols is 2. The molecule has 42 heavy (non-hydrogen) atoms. The summed E-state index contributed by atoms with van der Waals surface area (Å²) in [6, 6.07) is 9.65. The number of hydrogen-bond acceptors (Lipinski definition) is 4. The van der Waals surface area contributed by atoms with E-state index >= 15 is 0 Å². The molecule has 2 aromatic rings. The van der Waals surface area contributed by atoms with Crippen LogP contribution in [-0.4, -0.2) is 45.2 Å². The third kappa shape index (κ3) is 9.23. The number of benzene rings is 2. The van der Waals surface area contributed by atoms with E-state index in [-0.39, 0.29) is 21.7 Å². The first-order valence-electron chi connectivity index (χ1n) is 16.1. The van der Waals surface area contributed by atoms with E-state index < -0.39 is 0 Å². The normalized spacial score (nSPS) is 13.7. The first-order chi connectivity index (χ1) is 18.8. The van der Waals surface area contributed by atoms with Crippen LogP contribution in [0.25, 0.3) is 0 Å². The summed E-state index contributed by atoms with van der Waals surface area (Å²) in [6.07, 6.45) is 0. The molecule has 4 nitrogen and oxygen atoms in total. The van der Waals surface area contributed by atoms with Crippen molar-refractivity contribution in [1.29, 1.82) is 0 Å². The molecule has 0 bridgehead atoms. The van der Waals surface area contributed by atoms with E-state index in [4.69, 9.17) is 0 Å². The van der Waals surface area contributed by atoms with Gasteiger partial charge in [0.1, 0.15) is 11.5 Å². The van der Waals surface area contributed by atoms with Gasteiger partial charge in [-0.15, -0.1) is 0 Å². The number of hydrogen-bond donors (Lipinski definition) is 2. The third-order valence-electron chi connectivity index (χ3n) is 8.51. The molecule has 0 heterocycles. The predicted octanol–water partition coefficient (Wildman–Crippen LogP) is 9.41. The quantitative estimate of drug-likeness (QED) is 0.310. The van der Waals surface area contributed by atoms with Gasteiger partial charge >= 0.3 is 0 Å². The lowest BCUT2D eigenvalue weighted by Gasteiger charge is -2.34. The molecule has 2 N–H and O–H groups in total. The number of phenolic OH excluding ortho intramolecular Hbond substituents is 2. The van der Waals surface area contributed by atoms with Crippen molar-refractivity contribution in [3.05, 3.63) is 57.6 Å². The van der Waals surface area contributed by atoms with E-state index in [1.54, 1.807) is 0 Å². The maximum atomic E-state index is 11.7. The molecule has 0 spiro atoms. The summed E-state index contributed by atoms with van der Waals surface area (Å²) >= 11 is 0. The Labute approximate surface area is 259 Å². The zero-order valence-electron chi connectivity index (χ0n) is 30.1. The van der Waals surface area contributed by atoms with Crippen molar-refractivity contribution in [1.82, 2.24) is 9.80 Å². The molecule has 0 aromatic heterocycles. The Balaban J connectivity index is 2.72. The highest BCUT2D eigenvalue weighted by molar-refractivity contribution is 5.50. The van der Waals surface area contributed by atoms with Gasteiger partial charge in [-0.3, -0.25) is 9.80 Å². The monoisotopic (exact) mass is 580 g/mol. The van der Waals surface area contributed by atoms with Gasteiger partial charge in [-0.2, -0.15) is 0 Å². The lowest BCUT2D eigenvalue weighted by Crippen LogP contribution is -2.42. The van der Waals surface area contributed by atoms with Crippen LogP contribution in [0, 0.1) is 0 Å². The van der Waals surface area contributed by atoms with Crippen molar-refractivity contribution < 1.29 is 10.2 Å². The molecule has 0 atom stereocenters. The van der Waals surface area contributed by atoms with Gasteiger partial charge in [0.15, 0.2) is 0 Å². The van der Waals surface area contributed by atoms with Crippen LogP contribution in [0.2, 0.25) is 0 Å². The van der Waals surface area contributed by atoms with Gasteiger partial charge in [-0.1, -0.05) is 107 Å². The van der Waals surface area contributed by atoms with Gasteiger partial charge in [0.2, 0.25) is 0 Å². The van der Waals surface area contributed by atoms with Gasteiger partial charge in [-0.25, -0.2) is 0 Å². The number of rotatable bonds is 9. The highest BCUT2D eigenvalue weighted by Gasteiger charge is 2.28. The molecular formula is C38H64N2O2. The van der Waals surface area contributed by atoms with Crippen molar-refractivity contribution in [3.8, 4) is 11.5 Å². The summed E-state index contributed by atoms with van der Waals surface area (Å²) in [7, 11) is 0. The topological polar surface area (TPSA) is 46.9 Å². The molecule has 238 valence electrons. The van der Waals surface area contributed by atoms with Crippen LogP contribution in [-0.2, 0) is 34.7 Å². The van der Waals surface area contributed by atoms with E-state index in [9.17, 15) is 10.2 Å². The molecule has 0 fully saturated rings. The Morgan fingerprint density at radius 1 is 0.524 bits per heavy atom. The van der Waals surface area contributed by atoms with Crippen molar-refractivity contribution >= 4 is 0 Å². The summed E-state index contributed by atoms with van der Waals surface area (Å²) in [5.74, 6) is 0.793. The first-order valence-corrected chi connectivity index (χ1v) is 16.1. The van der Waals surface area contributed by atoms with Crippen LogP contribution in [0.4, 0.5) is 0 Å². The Hall–Kier alpha value is -2.04. The van der Waals surface area contributed by atoms with Gasteiger partial charge in [0.25, 0.3) is 0 Å². The average molecular weight is 581 g/mol. The molecule has 0 saturated heterocycles. The smallest absolute Gasteiger partial charge is 0.123 e. The minimum absolute atomic E-state index is 0.0414. The maximum absolute atomic E-state index is 11.7. The van der Waals surface area contributed by atoms with Crippen molar-refractivity contribution in [2.45, 2.75) is 158 Å². The lowest BCUT2D eigenvalue weighted by atomic mass is 9.78. The van der Waals surface area contributed by atoms with Crippen LogP contribution in [0.1, 0.15) is 144 Å². The van der Waals surface area contributed by atoms with Crippen LogP contribution in [0.15, 0.2) is 24.3 Å². The summed E-state index contributed by atoms with van der Waals surface area (Å²) in [5, 5.41) is 23.3. The van der Waals surface area contributed by atoms with Crippen LogP contribution < -0.4 is 0 Å². The maximum Gasteiger partial charge on any atom is 0.123 e. The molecule has 2 rings (SSSR count). The van der Waals surface area contributed by atoms with Crippen LogP contribution in [0.3, 0.4) is 0 Å². The Kier molecular flexibility index (Phi) is 11.1. The van der Waals surface area contributed by atoms with E-state index in [1.807, 2.05) is 0 Å². The van der Waals surface area contributed by atoms with Crippen molar-refractivity contribution in [2.75, 3.05) is 13.1 Å². The molecule has 0 saturated carbocycles. The minimum atomic E-state index is -0.183. The largest absolute Gasteiger partial charge is 0.507 e. The fourth-order valence-electron chi connectivity index (χ4n) is 5.71. The lowest BCUT2D eigenvalue weighted by molar-refractivity contribution is 0.136. The van der Waals surface area contributed by atoms with E-state index in [1.165, 1.54) is 11.1 Å². The number of aromatic hydroxyl groups is 2. The van der Waals surface area contributed by atoms with Gasteiger partial charge in [-0.05, 0) is 71.6 Å². The van der Waals surface area contributed by atoms with E-state index in [2.05, 4.69) is 145 Å². The second-order valence-electron chi connectivity index (χ2n) is 17.2. The molecule has 2 aromatic carbocycles. The van der Waals surface area contributed by atoms with Gasteiger partial charge in [0, 0.05) is 49.4 Å². The van der Waals surface area contributed by atoms with E-state index in [0.29, 0.717) is 36.7 Å². The van der Waals surface area contributed by atoms with Gasteiger partial charge < -0.3 is 10.2 Å². The first kappa shape index (κ1) is 36.2. The molecule has 0 unspecified atom stereocenters. The second-order valence-corrected chi connectivity index (χ2v) is 17.2. The zero-order chi connectivity index (χ0) is 32.6. The minimum Gasteiger partial charge on any atom is -0.507 e.